The fourth-order valence-electron chi connectivity index (χ4n) is 10.4. The quantitative estimate of drug-likeness (QED) is 0.219. The number of carboxylic acid groups (broad SMARTS) is 1. The molecule has 6 aliphatic rings. The van der Waals surface area contributed by atoms with Crippen LogP contribution < -0.4 is 19.5 Å². The Labute approximate surface area is 356 Å². The number of hydrogen-bond acceptors (Lipinski definition) is 9. The van der Waals surface area contributed by atoms with Gasteiger partial charge in [-0.1, -0.05) is 56.3 Å². The fourth-order valence-corrected chi connectivity index (χ4v) is 11.8. The molecule has 15 heteroatoms. The normalized spacial score (nSPS) is 32.9. The molecule has 2 aliphatic heterocycles. The number of benzene rings is 2. The molecule has 0 spiro atoms. The largest absolute Gasteiger partial charge is 0.497 e. The molecule has 3 heterocycles. The van der Waals surface area contributed by atoms with Crippen molar-refractivity contribution in [3.05, 3.63) is 66.7 Å². The van der Waals surface area contributed by atoms with E-state index in [9.17, 15) is 27.9 Å². The van der Waals surface area contributed by atoms with Crippen molar-refractivity contribution in [1.29, 1.82) is 0 Å². The smallest absolute Gasteiger partial charge is 0.408 e. The molecule has 0 bridgehead atoms. The van der Waals surface area contributed by atoms with Crippen LogP contribution in [0.15, 0.2) is 66.7 Å². The second-order valence-corrected chi connectivity index (χ2v) is 20.5. The fraction of sp³-hybridized carbons (Fsp3) is 0.543. The van der Waals surface area contributed by atoms with E-state index in [2.05, 4.69) is 17.0 Å². The van der Waals surface area contributed by atoms with Crippen molar-refractivity contribution in [2.45, 2.75) is 113 Å². The van der Waals surface area contributed by atoms with Gasteiger partial charge in [0.25, 0.3) is 5.91 Å². The van der Waals surface area contributed by atoms with Gasteiger partial charge in [-0.15, -0.1) is 0 Å². The van der Waals surface area contributed by atoms with Crippen molar-refractivity contribution in [3.63, 3.8) is 0 Å². The number of ether oxygens (including phenoxy) is 2. The van der Waals surface area contributed by atoms with Crippen LogP contribution >= 0.6 is 0 Å². The van der Waals surface area contributed by atoms with Crippen LogP contribution in [-0.2, 0) is 24.4 Å². The molecule has 9 rings (SSSR count). The molecule has 4 aliphatic carbocycles. The maximum Gasteiger partial charge on any atom is 0.408 e. The van der Waals surface area contributed by atoms with Crippen LogP contribution in [0.2, 0.25) is 0 Å². The summed E-state index contributed by atoms with van der Waals surface area (Å²) in [4.78, 5) is 65.4. The minimum atomic E-state index is -3.93. The lowest BCUT2D eigenvalue weighted by Gasteiger charge is -2.40. The van der Waals surface area contributed by atoms with Crippen molar-refractivity contribution >= 4 is 44.6 Å². The number of carbonyl (C=O) groups excluding carboxylic acids is 3. The number of rotatable bonds is 9. The number of allylic oxidation sites excluding steroid dienone is 1. The standard InChI is InChI=1S/C46H55N5O9S/c1-26-9-7-8-12-32-24-46(32,44(54)49-61(57,58)36-14-15-36)48-41(52)39-23-35(25-50(39)43(53)40(27(2)17-26)51(45(55)56)33-19-29-18-30(29)20-33)60-42-37-16-13-34(59-3)21-31(37)22-38(47-42)28-10-5-4-6-11-28/h4-6,8,10-13,16,21-22,26-27,29-30,32-33,35-36,39-40H,7,9,14-15,17-20,23-25H2,1-3H3,(H,48,52)(H,49,54)(H,55,56)/b12-8-/t26-,27-,29+,30?,32-,33-,35-,39+,40+,46-/m1/s1. The molecule has 1 aromatic heterocycles. The molecule has 4 amide bonds. The minimum Gasteiger partial charge on any atom is -0.497 e. The Balaban J connectivity index is 1.09. The number of fused-ring (bicyclic) bond motifs is 4. The molecule has 3 N–H and O–H groups in total. The van der Waals surface area contributed by atoms with E-state index in [1.807, 2.05) is 73.7 Å². The Morgan fingerprint density at radius 1 is 0.984 bits per heavy atom. The van der Waals surface area contributed by atoms with Crippen LogP contribution in [0.5, 0.6) is 11.6 Å². The molecule has 5 fully saturated rings. The number of sulfonamides is 1. The summed E-state index contributed by atoms with van der Waals surface area (Å²) < 4.78 is 40.6. The summed E-state index contributed by atoms with van der Waals surface area (Å²) in [5.74, 6) is -0.762. The summed E-state index contributed by atoms with van der Waals surface area (Å²) in [6, 6.07) is 14.6. The van der Waals surface area contributed by atoms with Crippen LogP contribution in [0.1, 0.15) is 78.1 Å². The van der Waals surface area contributed by atoms with Gasteiger partial charge in [-0.25, -0.2) is 18.2 Å². The Kier molecular flexibility index (Phi) is 10.8. The van der Waals surface area contributed by atoms with Crippen molar-refractivity contribution in [2.24, 2.45) is 29.6 Å². The zero-order valence-corrected chi connectivity index (χ0v) is 35.7. The van der Waals surface area contributed by atoms with Gasteiger partial charge >= 0.3 is 6.09 Å². The maximum atomic E-state index is 15.4. The van der Waals surface area contributed by atoms with Gasteiger partial charge in [0.05, 0.1) is 24.6 Å². The second kappa shape index (κ2) is 15.9. The number of aromatic nitrogens is 1. The molecule has 14 nitrogen and oxygen atoms in total. The first kappa shape index (κ1) is 41.2. The summed E-state index contributed by atoms with van der Waals surface area (Å²) in [5.41, 5.74) is -0.0365. The van der Waals surface area contributed by atoms with E-state index in [0.29, 0.717) is 73.1 Å². The van der Waals surface area contributed by atoms with Gasteiger partial charge in [-0.2, -0.15) is 0 Å². The van der Waals surface area contributed by atoms with E-state index in [4.69, 9.17) is 14.5 Å². The number of pyridine rings is 1. The number of nitrogens with zero attached hydrogens (tertiary/aromatic N) is 3. The van der Waals surface area contributed by atoms with E-state index < -0.39 is 68.7 Å². The maximum absolute atomic E-state index is 15.4. The number of hydrogen-bond donors (Lipinski definition) is 3. The third-order valence-corrected chi connectivity index (χ3v) is 15.9. The second-order valence-electron chi connectivity index (χ2n) is 18.5. The number of amides is 4. The van der Waals surface area contributed by atoms with Crippen LogP contribution in [-0.4, -0.2) is 101 Å². The number of methoxy groups -OCH3 is 1. The zero-order chi connectivity index (χ0) is 42.8. The molecule has 1 saturated heterocycles. The molecular weight excluding hydrogens is 799 g/mol. The predicted octanol–water partition coefficient (Wildman–Crippen LogP) is 5.90. The summed E-state index contributed by atoms with van der Waals surface area (Å²) in [5, 5.41) is 14.7. The van der Waals surface area contributed by atoms with Gasteiger partial charge in [-0.3, -0.25) is 24.0 Å². The molecular formula is C46H55N5O9S. The molecule has 2 aromatic carbocycles. The van der Waals surface area contributed by atoms with Gasteiger partial charge in [-0.05, 0) is 111 Å². The Hall–Kier alpha value is -5.18. The minimum absolute atomic E-state index is 0.0171. The van der Waals surface area contributed by atoms with Gasteiger partial charge in [0, 0.05) is 29.3 Å². The van der Waals surface area contributed by atoms with Crippen LogP contribution in [0.4, 0.5) is 4.79 Å². The van der Waals surface area contributed by atoms with Crippen LogP contribution in [0.25, 0.3) is 22.0 Å². The van der Waals surface area contributed by atoms with Gasteiger partial charge in [0.1, 0.15) is 29.5 Å². The zero-order valence-electron chi connectivity index (χ0n) is 34.9. The average molecular weight is 854 g/mol. The van der Waals surface area contributed by atoms with E-state index in [-0.39, 0.29) is 37.3 Å². The van der Waals surface area contributed by atoms with E-state index in [1.165, 1.54) is 9.80 Å². The first-order valence-electron chi connectivity index (χ1n) is 21.8. The molecule has 61 heavy (non-hydrogen) atoms. The van der Waals surface area contributed by atoms with Gasteiger partial charge < -0.3 is 24.8 Å². The summed E-state index contributed by atoms with van der Waals surface area (Å²) in [7, 11) is -2.34. The average Bonchev–Trinajstić information content (AvgIpc) is 4.20. The molecule has 3 aromatic rings. The highest BCUT2D eigenvalue weighted by Crippen LogP contribution is 2.54. The molecule has 4 saturated carbocycles. The lowest BCUT2D eigenvalue weighted by molar-refractivity contribution is -0.145. The molecule has 0 radical (unpaired) electrons. The topological polar surface area (TPSA) is 185 Å². The monoisotopic (exact) mass is 853 g/mol. The predicted molar refractivity (Wildman–Crippen MR) is 227 cm³/mol. The highest BCUT2D eigenvalue weighted by Gasteiger charge is 2.62. The summed E-state index contributed by atoms with van der Waals surface area (Å²) in [6.45, 7) is 3.99. The van der Waals surface area contributed by atoms with Crippen molar-refractivity contribution in [3.8, 4) is 22.9 Å². The lowest BCUT2D eigenvalue weighted by Crippen LogP contribution is -2.61. The van der Waals surface area contributed by atoms with Crippen molar-refractivity contribution < 1.29 is 42.2 Å². The van der Waals surface area contributed by atoms with E-state index in [1.54, 1.807) is 7.11 Å². The third-order valence-electron chi connectivity index (χ3n) is 14.1. The lowest BCUT2D eigenvalue weighted by atomic mass is 9.86. The highest BCUT2D eigenvalue weighted by molar-refractivity contribution is 7.91. The first-order valence-corrected chi connectivity index (χ1v) is 23.4. The summed E-state index contributed by atoms with van der Waals surface area (Å²) >= 11 is 0. The Morgan fingerprint density at radius 2 is 1.74 bits per heavy atom. The number of nitrogens with one attached hydrogen (secondary N) is 2. The van der Waals surface area contributed by atoms with Crippen LogP contribution in [0, 0.1) is 29.6 Å². The molecule has 10 atom stereocenters. The van der Waals surface area contributed by atoms with Crippen molar-refractivity contribution in [2.75, 3.05) is 13.7 Å². The Bertz CT molecular complexity index is 2360. The van der Waals surface area contributed by atoms with Gasteiger partial charge in [0.15, 0.2) is 0 Å². The van der Waals surface area contributed by atoms with E-state index in [0.717, 1.165) is 23.8 Å². The SMILES string of the molecule is COc1ccc2c(O[C@@H]3C[C@H]4C(=O)N[C@]5(C(=O)NS(=O)(=O)C6CC6)C[C@H]5/C=C\CC[C@@H](C)C[C@@H](C)[C@H](N(C(=O)O)[C@H]5CC6C[C@H]6C5)C(=O)N4C3)nc(-c3ccccc3)cc2c1. The Morgan fingerprint density at radius 3 is 2.44 bits per heavy atom. The van der Waals surface area contributed by atoms with Gasteiger partial charge in [0.2, 0.25) is 27.7 Å². The molecule has 324 valence electrons. The summed E-state index contributed by atoms with van der Waals surface area (Å²) in [6.07, 6.45) is 7.57. The molecule has 1 unspecified atom stereocenters. The van der Waals surface area contributed by atoms with E-state index >= 15 is 4.79 Å². The first-order chi connectivity index (χ1) is 29.2. The third kappa shape index (κ3) is 8.17. The van der Waals surface area contributed by atoms with Crippen LogP contribution in [0.3, 0.4) is 0 Å². The number of carbonyl (C=O) groups is 4. The van der Waals surface area contributed by atoms with Crippen molar-refractivity contribution in [1.82, 2.24) is 24.8 Å². The highest BCUT2D eigenvalue weighted by atomic mass is 32.2.